The van der Waals surface area contributed by atoms with Crippen LogP contribution in [0, 0.1) is 0 Å². The Morgan fingerprint density at radius 2 is 2.13 bits per heavy atom. The van der Waals surface area contributed by atoms with Gasteiger partial charge in [0.15, 0.2) is 5.52 Å². The zero-order chi connectivity index (χ0) is 10.4. The molecule has 0 saturated carbocycles. The fourth-order valence-electron chi connectivity index (χ4n) is 1.66. The molecule has 0 spiro atoms. The average Bonchev–Trinajstić information content (AvgIpc) is 2.62. The molecule has 0 amide bonds. The number of halogens is 1. The lowest BCUT2D eigenvalue weighted by Crippen LogP contribution is -2.10. The van der Waals surface area contributed by atoms with Crippen LogP contribution < -0.4 is 5.56 Å². The quantitative estimate of drug-likeness (QED) is 0.627. The zero-order valence-corrected chi connectivity index (χ0v) is 8.32. The number of hydrogen-bond acceptors (Lipinski definition) is 2. The van der Waals surface area contributed by atoms with E-state index in [9.17, 15) is 4.79 Å². The van der Waals surface area contributed by atoms with Gasteiger partial charge in [0.1, 0.15) is 0 Å². The maximum absolute atomic E-state index is 11.7. The summed E-state index contributed by atoms with van der Waals surface area (Å²) in [5.41, 5.74) is 1.74. The van der Waals surface area contributed by atoms with Crippen molar-refractivity contribution in [2.24, 2.45) is 0 Å². The van der Waals surface area contributed by atoms with Crippen LogP contribution >= 0.6 is 11.6 Å². The maximum Gasteiger partial charge on any atom is 0.276 e. The van der Waals surface area contributed by atoms with Crippen LogP contribution in [0.4, 0.5) is 0 Å². The van der Waals surface area contributed by atoms with Crippen LogP contribution in [-0.2, 0) is 0 Å². The van der Waals surface area contributed by atoms with Gasteiger partial charge in [-0.2, -0.15) is 5.10 Å². The number of nitrogens with zero attached hydrogens (tertiary/aromatic N) is 2. The maximum atomic E-state index is 11.7. The molecule has 0 aliphatic heterocycles. The molecule has 3 rings (SSSR count). The minimum absolute atomic E-state index is 0.226. The Morgan fingerprint density at radius 1 is 1.33 bits per heavy atom. The van der Waals surface area contributed by atoms with Gasteiger partial charge < -0.3 is 4.98 Å². The van der Waals surface area contributed by atoms with E-state index in [1.54, 1.807) is 4.52 Å². The third-order valence-corrected chi connectivity index (χ3v) is 2.60. The van der Waals surface area contributed by atoms with Crippen LogP contribution in [0.5, 0.6) is 0 Å². The van der Waals surface area contributed by atoms with Gasteiger partial charge in [-0.3, -0.25) is 4.79 Å². The third kappa shape index (κ3) is 1.08. The van der Waals surface area contributed by atoms with Gasteiger partial charge >= 0.3 is 0 Å². The number of benzene rings is 1. The predicted octanol–water partition coefficient (Wildman–Crippen LogP) is 1.83. The van der Waals surface area contributed by atoms with Gasteiger partial charge in [0, 0.05) is 0 Å². The topological polar surface area (TPSA) is 50.2 Å². The van der Waals surface area contributed by atoms with Crippen LogP contribution in [0.15, 0.2) is 35.3 Å². The molecule has 0 saturated heterocycles. The van der Waals surface area contributed by atoms with Crippen LogP contribution in [0.2, 0.25) is 5.02 Å². The fourth-order valence-corrected chi connectivity index (χ4v) is 1.87. The number of fused-ring (bicyclic) bond motifs is 3. The number of aromatic amines is 1. The van der Waals surface area contributed by atoms with Crippen LogP contribution in [0.25, 0.3) is 16.6 Å². The van der Waals surface area contributed by atoms with E-state index in [2.05, 4.69) is 10.1 Å². The molecule has 0 bridgehead atoms. The third-order valence-electron chi connectivity index (χ3n) is 2.32. The van der Waals surface area contributed by atoms with Crippen molar-refractivity contribution in [2.75, 3.05) is 0 Å². The monoisotopic (exact) mass is 219 g/mol. The lowest BCUT2D eigenvalue weighted by Gasteiger charge is -1.99. The highest BCUT2D eigenvalue weighted by Crippen LogP contribution is 2.16. The number of para-hydroxylation sites is 2. The molecule has 1 aromatic carbocycles. The highest BCUT2D eigenvalue weighted by Gasteiger charge is 2.08. The summed E-state index contributed by atoms with van der Waals surface area (Å²) in [6.45, 7) is 0. The van der Waals surface area contributed by atoms with E-state index in [1.165, 1.54) is 6.20 Å². The first kappa shape index (κ1) is 8.49. The lowest BCUT2D eigenvalue weighted by molar-refractivity contribution is 0.987. The molecule has 0 aliphatic rings. The summed E-state index contributed by atoms with van der Waals surface area (Å²) in [5.74, 6) is 0. The number of rotatable bonds is 0. The van der Waals surface area contributed by atoms with E-state index in [0.29, 0.717) is 10.5 Å². The first-order valence-electron chi connectivity index (χ1n) is 4.41. The van der Waals surface area contributed by atoms with E-state index < -0.39 is 0 Å². The molecule has 0 radical (unpaired) electrons. The Balaban J connectivity index is 2.71. The Hall–Kier alpha value is -1.81. The number of H-pyrrole nitrogens is 1. The minimum Gasteiger partial charge on any atom is -0.319 e. The Kier molecular flexibility index (Phi) is 1.61. The standard InChI is InChI=1S/C10H6ClN3O/c11-6-5-12-14-8-4-2-1-3-7(8)13-10(15)9(6)14/h1-5H,(H,13,15). The summed E-state index contributed by atoms with van der Waals surface area (Å²) < 4.78 is 1.55. The van der Waals surface area contributed by atoms with E-state index >= 15 is 0 Å². The van der Waals surface area contributed by atoms with Crippen molar-refractivity contribution in [1.29, 1.82) is 0 Å². The lowest BCUT2D eigenvalue weighted by atomic mass is 10.3. The first-order valence-corrected chi connectivity index (χ1v) is 4.79. The number of hydrogen-bond donors (Lipinski definition) is 1. The van der Waals surface area contributed by atoms with Crippen LogP contribution in [0.3, 0.4) is 0 Å². The highest BCUT2D eigenvalue weighted by atomic mass is 35.5. The van der Waals surface area contributed by atoms with Crippen LogP contribution in [-0.4, -0.2) is 14.6 Å². The van der Waals surface area contributed by atoms with E-state index in [4.69, 9.17) is 11.6 Å². The van der Waals surface area contributed by atoms with Gasteiger partial charge in [-0.25, -0.2) is 4.52 Å². The second-order valence-electron chi connectivity index (χ2n) is 3.22. The summed E-state index contributed by atoms with van der Waals surface area (Å²) in [6.07, 6.45) is 1.47. The molecule has 0 atom stereocenters. The summed E-state index contributed by atoms with van der Waals surface area (Å²) in [7, 11) is 0. The summed E-state index contributed by atoms with van der Waals surface area (Å²) in [5, 5.41) is 4.43. The predicted molar refractivity (Wildman–Crippen MR) is 58.3 cm³/mol. The Bertz CT molecular complexity index is 713. The van der Waals surface area contributed by atoms with Gasteiger partial charge in [0.2, 0.25) is 0 Å². The first-order chi connectivity index (χ1) is 7.27. The van der Waals surface area contributed by atoms with Crippen molar-refractivity contribution >= 4 is 28.2 Å². The number of aromatic nitrogens is 3. The molecule has 15 heavy (non-hydrogen) atoms. The van der Waals surface area contributed by atoms with E-state index in [-0.39, 0.29) is 5.56 Å². The van der Waals surface area contributed by atoms with Crippen molar-refractivity contribution < 1.29 is 0 Å². The highest BCUT2D eigenvalue weighted by molar-refractivity contribution is 6.33. The fraction of sp³-hybridized carbons (Fsp3) is 0. The van der Waals surface area contributed by atoms with E-state index in [0.717, 1.165) is 11.0 Å². The Labute approximate surface area is 89.1 Å². The summed E-state index contributed by atoms with van der Waals surface area (Å²) >= 11 is 5.87. The normalized spacial score (nSPS) is 11.3. The van der Waals surface area contributed by atoms with Crippen molar-refractivity contribution in [2.45, 2.75) is 0 Å². The van der Waals surface area contributed by atoms with Crippen LogP contribution in [0.1, 0.15) is 0 Å². The van der Waals surface area contributed by atoms with Crippen molar-refractivity contribution in [3.05, 3.63) is 45.8 Å². The zero-order valence-electron chi connectivity index (χ0n) is 7.57. The molecule has 5 heteroatoms. The smallest absolute Gasteiger partial charge is 0.276 e. The van der Waals surface area contributed by atoms with Gasteiger partial charge in [0.05, 0.1) is 22.3 Å². The molecule has 2 aromatic heterocycles. The molecule has 4 nitrogen and oxygen atoms in total. The molecule has 0 aliphatic carbocycles. The Morgan fingerprint density at radius 3 is 3.00 bits per heavy atom. The van der Waals surface area contributed by atoms with Gasteiger partial charge in [-0.05, 0) is 12.1 Å². The van der Waals surface area contributed by atoms with Crippen molar-refractivity contribution in [1.82, 2.24) is 14.6 Å². The van der Waals surface area contributed by atoms with Crippen molar-refractivity contribution in [3.8, 4) is 0 Å². The molecule has 2 heterocycles. The summed E-state index contributed by atoms with van der Waals surface area (Å²) in [4.78, 5) is 14.4. The molecule has 0 unspecified atom stereocenters. The van der Waals surface area contributed by atoms with Gasteiger partial charge in [-0.15, -0.1) is 0 Å². The largest absolute Gasteiger partial charge is 0.319 e. The van der Waals surface area contributed by atoms with E-state index in [1.807, 2.05) is 24.3 Å². The molecule has 74 valence electrons. The molecular formula is C10H6ClN3O. The van der Waals surface area contributed by atoms with Gasteiger partial charge in [0.25, 0.3) is 5.56 Å². The van der Waals surface area contributed by atoms with Gasteiger partial charge in [-0.1, -0.05) is 23.7 Å². The molecular weight excluding hydrogens is 214 g/mol. The SMILES string of the molecule is O=c1[nH]c2ccccc2n2ncc(Cl)c12. The average molecular weight is 220 g/mol. The molecule has 3 aromatic rings. The minimum atomic E-state index is -0.226. The second-order valence-corrected chi connectivity index (χ2v) is 3.63. The number of nitrogens with one attached hydrogen (secondary N) is 1. The molecule has 1 N–H and O–H groups in total. The summed E-state index contributed by atoms with van der Waals surface area (Å²) in [6, 6.07) is 7.44. The van der Waals surface area contributed by atoms with Crippen molar-refractivity contribution in [3.63, 3.8) is 0 Å². The molecule has 0 fully saturated rings. The second kappa shape index (κ2) is 2.84.